The van der Waals surface area contributed by atoms with Gasteiger partial charge in [0, 0.05) is 36.0 Å². The van der Waals surface area contributed by atoms with Crippen molar-refractivity contribution in [1.82, 2.24) is 0 Å². The van der Waals surface area contributed by atoms with Gasteiger partial charge in [-0.2, -0.15) is 0 Å². The fraction of sp³-hybridized carbons (Fsp3) is 0.0606. The summed E-state index contributed by atoms with van der Waals surface area (Å²) < 4.78 is 12.4. The van der Waals surface area contributed by atoms with Crippen LogP contribution in [-0.2, 0) is 0 Å². The molecule has 0 unspecified atom stereocenters. The van der Waals surface area contributed by atoms with Crippen molar-refractivity contribution in [3.8, 4) is 34.5 Å². The van der Waals surface area contributed by atoms with Crippen molar-refractivity contribution in [2.75, 3.05) is 19.0 Å². The van der Waals surface area contributed by atoms with E-state index in [0.29, 0.717) is 28.1 Å². The van der Waals surface area contributed by atoms with Gasteiger partial charge < -0.3 is 13.7 Å². The van der Waals surface area contributed by atoms with E-state index in [0.717, 1.165) is 33.2 Å². The summed E-state index contributed by atoms with van der Waals surface area (Å²) in [5, 5.41) is 2.09. The van der Waals surface area contributed by atoms with Crippen molar-refractivity contribution < 1.29 is 8.83 Å². The average molecular weight is 482 g/mol. The van der Waals surface area contributed by atoms with Crippen LogP contribution in [0.3, 0.4) is 0 Å². The number of rotatable bonds is 3. The van der Waals surface area contributed by atoms with Crippen LogP contribution in [0.15, 0.2) is 117 Å². The van der Waals surface area contributed by atoms with Crippen LogP contribution in [0.5, 0.6) is 0 Å². The maximum Gasteiger partial charge on any atom is 0.344 e. The summed E-state index contributed by atoms with van der Waals surface area (Å²) in [6, 6.07) is 33.1. The Bertz CT molecular complexity index is 1880. The highest BCUT2D eigenvalue weighted by atomic mass is 16.4. The average Bonchev–Trinajstić information content (AvgIpc) is 3.33. The van der Waals surface area contributed by atoms with Crippen molar-refractivity contribution >= 4 is 27.4 Å². The lowest BCUT2D eigenvalue weighted by molar-refractivity contribution is 0.532. The molecule has 0 fully saturated rings. The Labute approximate surface area is 214 Å². The molecule has 0 saturated carbocycles. The molecular formula is C33H23NO3. The van der Waals surface area contributed by atoms with Crippen LogP contribution in [0.1, 0.15) is 11.1 Å². The van der Waals surface area contributed by atoms with Crippen molar-refractivity contribution in [3.05, 3.63) is 125 Å². The Hall–Kier alpha value is -5.01. The molecule has 0 saturated heterocycles. The topological polar surface area (TPSA) is 46.6 Å². The monoisotopic (exact) mass is 481 g/mol. The summed E-state index contributed by atoms with van der Waals surface area (Å²) >= 11 is 0. The van der Waals surface area contributed by atoms with Gasteiger partial charge in [0.25, 0.3) is 0 Å². The Morgan fingerprint density at radius 2 is 1.27 bits per heavy atom. The molecule has 4 heteroatoms. The molecule has 0 radical (unpaired) electrons. The van der Waals surface area contributed by atoms with Gasteiger partial charge in [-0.3, -0.25) is 0 Å². The molecule has 0 aliphatic heterocycles. The molecule has 0 amide bonds. The maximum atomic E-state index is 13.2. The molecule has 178 valence electrons. The van der Waals surface area contributed by atoms with E-state index in [1.54, 1.807) is 6.07 Å². The lowest BCUT2D eigenvalue weighted by atomic mass is 9.97. The molecule has 2 heterocycles. The predicted octanol–water partition coefficient (Wildman–Crippen LogP) is 7.34. The molecule has 0 bridgehead atoms. The van der Waals surface area contributed by atoms with E-state index in [1.165, 1.54) is 0 Å². The molecule has 6 aromatic rings. The summed E-state index contributed by atoms with van der Waals surface area (Å²) in [6.07, 6.45) is 0. The molecule has 0 spiro atoms. The van der Waals surface area contributed by atoms with E-state index < -0.39 is 5.63 Å². The fourth-order valence-electron chi connectivity index (χ4n) is 4.66. The van der Waals surface area contributed by atoms with Gasteiger partial charge >= 0.3 is 5.63 Å². The van der Waals surface area contributed by atoms with Crippen LogP contribution < -0.4 is 10.5 Å². The number of furan rings is 1. The molecule has 0 atom stereocenters. The standard InChI is InChI=1S/C33H23NO3/c1-34(2)28-18-10-6-12-22(28)20-21-25-24-15-7-8-16-26(24)33(35)37-32(25)30-27-17-9-11-19-29(27)36-31(30)23-13-4-3-5-14-23/h3-19H,1-2H3. The van der Waals surface area contributed by atoms with Crippen LogP contribution in [0.4, 0.5) is 5.69 Å². The third-order valence-electron chi connectivity index (χ3n) is 6.40. The number of nitrogens with zero attached hydrogens (tertiary/aromatic N) is 1. The summed E-state index contributed by atoms with van der Waals surface area (Å²) in [4.78, 5) is 15.2. The molecule has 4 aromatic carbocycles. The highest BCUT2D eigenvalue weighted by Gasteiger charge is 2.24. The van der Waals surface area contributed by atoms with E-state index in [1.807, 2.05) is 116 Å². The summed E-state index contributed by atoms with van der Waals surface area (Å²) in [7, 11) is 3.99. The first kappa shape index (κ1) is 22.5. The first-order valence-electron chi connectivity index (χ1n) is 12.0. The predicted molar refractivity (Wildman–Crippen MR) is 150 cm³/mol. The van der Waals surface area contributed by atoms with E-state index in [2.05, 4.69) is 11.8 Å². The van der Waals surface area contributed by atoms with E-state index in [4.69, 9.17) is 8.83 Å². The second-order valence-electron chi connectivity index (χ2n) is 8.97. The first-order chi connectivity index (χ1) is 18.1. The van der Waals surface area contributed by atoms with Gasteiger partial charge in [-0.25, -0.2) is 4.79 Å². The Morgan fingerprint density at radius 1 is 0.622 bits per heavy atom. The van der Waals surface area contributed by atoms with Crippen LogP contribution in [-0.4, -0.2) is 14.1 Å². The fourth-order valence-corrected chi connectivity index (χ4v) is 4.66. The van der Waals surface area contributed by atoms with Gasteiger partial charge in [-0.1, -0.05) is 90.7 Å². The Morgan fingerprint density at radius 3 is 2.05 bits per heavy atom. The summed E-state index contributed by atoms with van der Waals surface area (Å²) in [5.74, 6) is 7.76. The van der Waals surface area contributed by atoms with Gasteiger partial charge in [0.2, 0.25) is 0 Å². The zero-order valence-corrected chi connectivity index (χ0v) is 20.5. The minimum absolute atomic E-state index is 0.405. The van der Waals surface area contributed by atoms with Gasteiger partial charge in [-0.15, -0.1) is 0 Å². The number of para-hydroxylation sites is 2. The Balaban J connectivity index is 1.71. The molecule has 0 aliphatic carbocycles. The molecule has 6 rings (SSSR count). The third-order valence-corrected chi connectivity index (χ3v) is 6.40. The normalized spacial score (nSPS) is 10.9. The SMILES string of the molecule is CN(C)c1ccccc1C#Cc1c(-c2c(-c3ccccc3)oc3ccccc23)oc(=O)c2ccccc12. The zero-order valence-electron chi connectivity index (χ0n) is 20.5. The number of hydrogen-bond donors (Lipinski definition) is 0. The lowest BCUT2D eigenvalue weighted by Gasteiger charge is -2.14. The molecule has 37 heavy (non-hydrogen) atoms. The van der Waals surface area contributed by atoms with Crippen molar-refractivity contribution in [1.29, 1.82) is 0 Å². The lowest BCUT2D eigenvalue weighted by Crippen LogP contribution is -2.10. The summed E-state index contributed by atoms with van der Waals surface area (Å²) in [6.45, 7) is 0. The van der Waals surface area contributed by atoms with Crippen molar-refractivity contribution in [2.45, 2.75) is 0 Å². The van der Waals surface area contributed by atoms with Crippen molar-refractivity contribution in [2.24, 2.45) is 0 Å². The van der Waals surface area contributed by atoms with Crippen LogP contribution in [0.25, 0.3) is 44.4 Å². The van der Waals surface area contributed by atoms with E-state index in [-0.39, 0.29) is 0 Å². The molecular weight excluding hydrogens is 458 g/mol. The van der Waals surface area contributed by atoms with Gasteiger partial charge in [0.15, 0.2) is 5.76 Å². The largest absolute Gasteiger partial charge is 0.455 e. The van der Waals surface area contributed by atoms with Gasteiger partial charge in [-0.05, 0) is 24.3 Å². The van der Waals surface area contributed by atoms with Crippen LogP contribution in [0.2, 0.25) is 0 Å². The minimum Gasteiger partial charge on any atom is -0.455 e. The number of anilines is 1. The highest BCUT2D eigenvalue weighted by molar-refractivity contribution is 6.04. The maximum absolute atomic E-state index is 13.2. The molecule has 0 N–H and O–H groups in total. The highest BCUT2D eigenvalue weighted by Crippen LogP contribution is 2.42. The molecule has 4 nitrogen and oxygen atoms in total. The van der Waals surface area contributed by atoms with E-state index >= 15 is 0 Å². The van der Waals surface area contributed by atoms with Crippen molar-refractivity contribution in [3.63, 3.8) is 0 Å². The number of hydrogen-bond acceptors (Lipinski definition) is 4. The van der Waals surface area contributed by atoms with Crippen LogP contribution >= 0.6 is 0 Å². The van der Waals surface area contributed by atoms with Gasteiger partial charge in [0.1, 0.15) is 11.3 Å². The minimum atomic E-state index is -0.408. The molecule has 2 aromatic heterocycles. The second-order valence-corrected chi connectivity index (χ2v) is 8.97. The summed E-state index contributed by atoms with van der Waals surface area (Å²) in [5.41, 5.74) is 4.45. The number of fused-ring (bicyclic) bond motifs is 2. The number of benzene rings is 4. The van der Waals surface area contributed by atoms with Gasteiger partial charge in [0.05, 0.1) is 22.2 Å². The quantitative estimate of drug-likeness (QED) is 0.248. The first-order valence-corrected chi connectivity index (χ1v) is 12.0. The zero-order chi connectivity index (χ0) is 25.4. The molecule has 0 aliphatic rings. The third kappa shape index (κ3) is 3.97. The van der Waals surface area contributed by atoms with E-state index in [9.17, 15) is 4.79 Å². The van der Waals surface area contributed by atoms with Crippen LogP contribution in [0, 0.1) is 11.8 Å². The Kier molecular flexibility index (Phi) is 5.59. The smallest absolute Gasteiger partial charge is 0.344 e. The second kappa shape index (κ2) is 9.22.